The molecule has 4 nitrogen and oxygen atoms in total. The van der Waals surface area contributed by atoms with E-state index < -0.39 is 0 Å². The van der Waals surface area contributed by atoms with Crippen molar-refractivity contribution >= 4 is 17.3 Å². The van der Waals surface area contributed by atoms with Gasteiger partial charge in [0.15, 0.2) is 5.05 Å². The molecule has 0 N–H and O–H groups in total. The number of ether oxygens (including phenoxy) is 4. The van der Waals surface area contributed by atoms with Gasteiger partial charge in [0.05, 0.1) is 33.0 Å². The van der Waals surface area contributed by atoms with E-state index in [4.69, 9.17) is 31.2 Å². The van der Waals surface area contributed by atoms with Crippen LogP contribution in [0.15, 0.2) is 0 Å². The number of hydrogen-bond acceptors (Lipinski definition) is 5. The Kier molecular flexibility index (Phi) is 6.01. The van der Waals surface area contributed by atoms with Gasteiger partial charge in [0.1, 0.15) is 13.2 Å². The fourth-order valence-corrected chi connectivity index (χ4v) is 1.02. The quantitative estimate of drug-likeness (QED) is 0.536. The predicted molar refractivity (Wildman–Crippen MR) is 51.0 cm³/mol. The third-order valence-corrected chi connectivity index (χ3v) is 1.69. The van der Waals surface area contributed by atoms with Crippen LogP contribution in [-0.4, -0.2) is 51.3 Å². The molecule has 0 atom stereocenters. The first kappa shape index (κ1) is 10.8. The van der Waals surface area contributed by atoms with Gasteiger partial charge in [-0.25, -0.2) is 0 Å². The van der Waals surface area contributed by atoms with Crippen LogP contribution in [0.2, 0.25) is 0 Å². The van der Waals surface area contributed by atoms with Crippen LogP contribution in [0.1, 0.15) is 0 Å². The standard InChI is InChI=1S/C8H14O4S/c13-8-7-11-4-3-9-1-2-10-5-6-12-8/h1-7H2. The van der Waals surface area contributed by atoms with Gasteiger partial charge >= 0.3 is 0 Å². The summed E-state index contributed by atoms with van der Waals surface area (Å²) in [5.41, 5.74) is 0. The van der Waals surface area contributed by atoms with Gasteiger partial charge in [0, 0.05) is 0 Å². The van der Waals surface area contributed by atoms with Gasteiger partial charge in [-0.05, 0) is 12.2 Å². The van der Waals surface area contributed by atoms with Crippen LogP contribution in [-0.2, 0) is 18.9 Å². The van der Waals surface area contributed by atoms with Crippen LogP contribution in [0.4, 0.5) is 0 Å². The van der Waals surface area contributed by atoms with Crippen LogP contribution >= 0.6 is 12.2 Å². The van der Waals surface area contributed by atoms with Crippen molar-refractivity contribution in [3.63, 3.8) is 0 Å². The molecule has 0 bridgehead atoms. The van der Waals surface area contributed by atoms with Gasteiger partial charge in [-0.15, -0.1) is 0 Å². The zero-order chi connectivity index (χ0) is 9.36. The van der Waals surface area contributed by atoms with Crippen molar-refractivity contribution in [2.45, 2.75) is 0 Å². The fraction of sp³-hybridized carbons (Fsp3) is 0.875. The minimum Gasteiger partial charge on any atom is -0.482 e. The van der Waals surface area contributed by atoms with Crippen molar-refractivity contribution in [3.8, 4) is 0 Å². The summed E-state index contributed by atoms with van der Waals surface area (Å²) in [4.78, 5) is 0. The van der Waals surface area contributed by atoms with Crippen molar-refractivity contribution in [3.05, 3.63) is 0 Å². The molecule has 13 heavy (non-hydrogen) atoms. The lowest BCUT2D eigenvalue weighted by molar-refractivity contribution is 0.00440. The summed E-state index contributed by atoms with van der Waals surface area (Å²) in [6.07, 6.45) is 0. The molecule has 1 heterocycles. The zero-order valence-electron chi connectivity index (χ0n) is 7.49. The van der Waals surface area contributed by atoms with E-state index >= 15 is 0 Å². The second kappa shape index (κ2) is 7.20. The number of hydrogen-bond donors (Lipinski definition) is 0. The summed E-state index contributed by atoms with van der Waals surface area (Å²) in [6.45, 7) is 3.71. The van der Waals surface area contributed by atoms with E-state index in [1.807, 2.05) is 0 Å². The van der Waals surface area contributed by atoms with E-state index in [0.717, 1.165) is 0 Å². The van der Waals surface area contributed by atoms with Gasteiger partial charge in [0.2, 0.25) is 0 Å². The van der Waals surface area contributed by atoms with E-state index in [-0.39, 0.29) is 0 Å². The molecule has 76 valence electrons. The van der Waals surface area contributed by atoms with Crippen LogP contribution in [0, 0.1) is 0 Å². The van der Waals surface area contributed by atoms with E-state index in [0.29, 0.717) is 51.3 Å². The van der Waals surface area contributed by atoms with Gasteiger partial charge < -0.3 is 18.9 Å². The Bertz CT molecular complexity index is 137. The monoisotopic (exact) mass is 206 g/mol. The van der Waals surface area contributed by atoms with Crippen LogP contribution in [0.3, 0.4) is 0 Å². The summed E-state index contributed by atoms with van der Waals surface area (Å²) < 4.78 is 20.8. The number of thiocarbonyl (C=S) groups is 1. The van der Waals surface area contributed by atoms with Crippen LogP contribution < -0.4 is 0 Å². The molecule has 1 rings (SSSR count). The highest BCUT2D eigenvalue weighted by molar-refractivity contribution is 7.80. The highest BCUT2D eigenvalue weighted by atomic mass is 32.1. The maximum atomic E-state index is 5.21. The molecule has 0 aromatic heterocycles. The minimum absolute atomic E-state index is 0.360. The maximum Gasteiger partial charge on any atom is 0.185 e. The molecule has 1 saturated heterocycles. The van der Waals surface area contributed by atoms with Crippen LogP contribution in [0.25, 0.3) is 0 Å². The van der Waals surface area contributed by atoms with Crippen LogP contribution in [0.5, 0.6) is 0 Å². The summed E-state index contributed by atoms with van der Waals surface area (Å²) in [7, 11) is 0. The Morgan fingerprint density at radius 1 is 0.769 bits per heavy atom. The molecule has 1 fully saturated rings. The first-order valence-electron chi connectivity index (χ1n) is 4.28. The molecule has 0 radical (unpaired) electrons. The lowest BCUT2D eigenvalue weighted by Crippen LogP contribution is -2.19. The summed E-state index contributed by atoms with van der Waals surface area (Å²) in [5.74, 6) is 0. The Morgan fingerprint density at radius 2 is 1.31 bits per heavy atom. The molecule has 0 saturated carbocycles. The normalized spacial score (nSPS) is 22.6. The Labute approximate surface area is 83.1 Å². The lowest BCUT2D eigenvalue weighted by atomic mass is 10.6. The molecule has 0 spiro atoms. The average molecular weight is 206 g/mol. The SMILES string of the molecule is S=C1COCCOCCOCCO1. The van der Waals surface area contributed by atoms with Gasteiger partial charge in [-0.1, -0.05) is 0 Å². The van der Waals surface area contributed by atoms with E-state index in [1.165, 1.54) is 0 Å². The molecule has 0 aromatic carbocycles. The summed E-state index contributed by atoms with van der Waals surface area (Å²) in [5, 5.41) is 0.476. The largest absolute Gasteiger partial charge is 0.482 e. The Balaban J connectivity index is 2.14. The second-order valence-corrected chi connectivity index (χ2v) is 2.95. The van der Waals surface area contributed by atoms with Crippen molar-refractivity contribution in [1.29, 1.82) is 0 Å². The lowest BCUT2D eigenvalue weighted by Gasteiger charge is -2.11. The summed E-state index contributed by atoms with van der Waals surface area (Å²) in [6, 6.07) is 0. The van der Waals surface area contributed by atoms with E-state index in [9.17, 15) is 0 Å². The molecule has 1 aliphatic heterocycles. The molecule has 0 aliphatic carbocycles. The minimum atomic E-state index is 0.360. The Hall–Kier alpha value is -0.230. The predicted octanol–water partition coefficient (Wildman–Crippen LogP) is 0.394. The Morgan fingerprint density at radius 3 is 2.00 bits per heavy atom. The molecule has 0 amide bonds. The topological polar surface area (TPSA) is 36.9 Å². The smallest absolute Gasteiger partial charge is 0.185 e. The average Bonchev–Trinajstić information content (AvgIpc) is 2.11. The molecular weight excluding hydrogens is 192 g/mol. The number of rotatable bonds is 0. The van der Waals surface area contributed by atoms with Crippen molar-refractivity contribution in [2.24, 2.45) is 0 Å². The second-order valence-electron chi connectivity index (χ2n) is 2.50. The van der Waals surface area contributed by atoms with Crippen molar-refractivity contribution in [1.82, 2.24) is 0 Å². The highest BCUT2D eigenvalue weighted by Gasteiger charge is 2.00. The third kappa shape index (κ3) is 5.93. The fourth-order valence-electron chi connectivity index (χ4n) is 0.851. The first-order valence-corrected chi connectivity index (χ1v) is 4.69. The maximum absolute atomic E-state index is 5.21. The highest BCUT2D eigenvalue weighted by Crippen LogP contribution is 1.89. The van der Waals surface area contributed by atoms with Gasteiger partial charge in [-0.2, -0.15) is 0 Å². The summed E-state index contributed by atoms with van der Waals surface area (Å²) >= 11 is 4.89. The molecule has 5 heteroatoms. The molecule has 0 aromatic rings. The third-order valence-electron chi connectivity index (χ3n) is 1.45. The van der Waals surface area contributed by atoms with Gasteiger partial charge in [0.25, 0.3) is 0 Å². The molecule has 0 unspecified atom stereocenters. The molecular formula is C8H14O4S. The van der Waals surface area contributed by atoms with E-state index in [2.05, 4.69) is 0 Å². The van der Waals surface area contributed by atoms with Crippen molar-refractivity contribution in [2.75, 3.05) is 46.2 Å². The van der Waals surface area contributed by atoms with Gasteiger partial charge in [-0.3, -0.25) is 0 Å². The van der Waals surface area contributed by atoms with E-state index in [1.54, 1.807) is 0 Å². The first-order chi connectivity index (χ1) is 6.39. The zero-order valence-corrected chi connectivity index (χ0v) is 8.31. The van der Waals surface area contributed by atoms with Crippen molar-refractivity contribution < 1.29 is 18.9 Å². The molecule has 1 aliphatic rings.